The van der Waals surface area contributed by atoms with Crippen LogP contribution in [0.5, 0.6) is 11.5 Å². The molecule has 1 amide bonds. The van der Waals surface area contributed by atoms with Gasteiger partial charge < -0.3 is 29.0 Å². The second-order valence-corrected chi connectivity index (χ2v) is 10.2. The van der Waals surface area contributed by atoms with Crippen LogP contribution in [0, 0.1) is 11.3 Å². The highest BCUT2D eigenvalue weighted by Gasteiger charge is 2.48. The van der Waals surface area contributed by atoms with Crippen molar-refractivity contribution in [1.82, 2.24) is 4.90 Å². The van der Waals surface area contributed by atoms with Gasteiger partial charge in [-0.2, -0.15) is 0 Å². The molecule has 4 rings (SSSR count). The summed E-state index contributed by atoms with van der Waals surface area (Å²) in [4.78, 5) is 14.8. The lowest BCUT2D eigenvalue weighted by Gasteiger charge is -2.36. The van der Waals surface area contributed by atoms with Gasteiger partial charge in [-0.05, 0) is 36.6 Å². The molecule has 0 aromatic heterocycles. The van der Waals surface area contributed by atoms with E-state index in [9.17, 15) is 9.90 Å². The van der Waals surface area contributed by atoms with Gasteiger partial charge in [-0.15, -0.1) is 0 Å². The van der Waals surface area contributed by atoms with Crippen molar-refractivity contribution in [3.8, 4) is 11.5 Å². The number of rotatable bonds is 11. The summed E-state index contributed by atoms with van der Waals surface area (Å²) < 4.78 is 23.0. The maximum Gasteiger partial charge on any atom is 0.248 e. The molecule has 2 aromatic rings. The van der Waals surface area contributed by atoms with Gasteiger partial charge in [0.1, 0.15) is 6.61 Å². The standard InChI is InChI=1S/C29H39NO6/c1-5-25-23(16-35-25)17-36-27-13-22(11-12-26(27)33-4)24-14-30(19-29(24,3)20(2)31)28(32)18-34-15-21-9-7-6-8-10-21/h6-13,20,23-25,31H,5,14-19H2,1-4H3/t20-,23?,24+,25?,29+/m1/s1. The van der Waals surface area contributed by atoms with Crippen molar-refractivity contribution in [3.63, 3.8) is 0 Å². The number of hydrogen-bond donors (Lipinski definition) is 1. The highest BCUT2D eigenvalue weighted by Crippen LogP contribution is 2.47. The van der Waals surface area contributed by atoms with Crippen molar-refractivity contribution in [2.75, 3.05) is 40.0 Å². The molecule has 0 saturated carbocycles. The summed E-state index contributed by atoms with van der Waals surface area (Å²) in [5, 5.41) is 10.8. The summed E-state index contributed by atoms with van der Waals surface area (Å²) >= 11 is 0. The quantitative estimate of drug-likeness (QED) is 0.505. The second kappa shape index (κ2) is 11.6. The molecule has 2 aromatic carbocycles. The SMILES string of the molecule is CCC1OCC1COc1cc([C@@H]2CN(C(=O)COCc3ccccc3)C[C@@]2(C)[C@@H](C)O)ccc1OC. The van der Waals surface area contributed by atoms with E-state index in [1.165, 1.54) is 0 Å². The molecule has 1 N–H and O–H groups in total. The number of ether oxygens (including phenoxy) is 4. The van der Waals surface area contributed by atoms with Gasteiger partial charge in [-0.3, -0.25) is 4.79 Å². The number of carbonyl (C=O) groups is 1. The number of likely N-dealkylation sites (tertiary alicyclic amines) is 1. The fourth-order valence-electron chi connectivity index (χ4n) is 5.23. The van der Waals surface area contributed by atoms with Crippen LogP contribution in [0.1, 0.15) is 44.2 Å². The first-order chi connectivity index (χ1) is 17.4. The number of aliphatic hydroxyl groups excluding tert-OH is 1. The lowest BCUT2D eigenvalue weighted by atomic mass is 9.72. The van der Waals surface area contributed by atoms with Crippen LogP contribution in [-0.4, -0.2) is 68.1 Å². The lowest BCUT2D eigenvalue weighted by molar-refractivity contribution is -0.136. The highest BCUT2D eigenvalue weighted by atomic mass is 16.5. The smallest absolute Gasteiger partial charge is 0.248 e. The van der Waals surface area contributed by atoms with Crippen molar-refractivity contribution in [2.24, 2.45) is 11.3 Å². The van der Waals surface area contributed by atoms with Crippen LogP contribution < -0.4 is 9.47 Å². The Morgan fingerprint density at radius 2 is 2.00 bits per heavy atom. The molecule has 0 aliphatic carbocycles. The van der Waals surface area contributed by atoms with E-state index in [0.717, 1.165) is 17.5 Å². The first-order valence-corrected chi connectivity index (χ1v) is 12.9. The molecule has 0 spiro atoms. The second-order valence-electron chi connectivity index (χ2n) is 10.2. The number of benzene rings is 2. The summed E-state index contributed by atoms with van der Waals surface area (Å²) in [7, 11) is 1.63. The van der Waals surface area contributed by atoms with E-state index in [2.05, 4.69) is 6.92 Å². The minimum atomic E-state index is -0.602. The molecule has 7 nitrogen and oxygen atoms in total. The van der Waals surface area contributed by atoms with Crippen LogP contribution in [0.15, 0.2) is 48.5 Å². The van der Waals surface area contributed by atoms with E-state index < -0.39 is 11.5 Å². The van der Waals surface area contributed by atoms with E-state index in [-0.39, 0.29) is 24.5 Å². The number of methoxy groups -OCH3 is 1. The Balaban J connectivity index is 1.45. The average molecular weight is 498 g/mol. The van der Waals surface area contributed by atoms with Crippen LogP contribution in [0.2, 0.25) is 0 Å². The lowest BCUT2D eigenvalue weighted by Crippen LogP contribution is -2.42. The molecule has 36 heavy (non-hydrogen) atoms. The third-order valence-corrected chi connectivity index (χ3v) is 7.87. The van der Waals surface area contributed by atoms with Crippen LogP contribution in [0.3, 0.4) is 0 Å². The van der Waals surface area contributed by atoms with Gasteiger partial charge in [0.2, 0.25) is 5.91 Å². The van der Waals surface area contributed by atoms with Crippen molar-refractivity contribution in [2.45, 2.75) is 51.9 Å². The van der Waals surface area contributed by atoms with E-state index in [4.69, 9.17) is 18.9 Å². The largest absolute Gasteiger partial charge is 0.493 e. The Morgan fingerprint density at radius 3 is 2.64 bits per heavy atom. The predicted molar refractivity (Wildman–Crippen MR) is 137 cm³/mol. The van der Waals surface area contributed by atoms with Crippen LogP contribution in [-0.2, 0) is 20.9 Å². The fourth-order valence-corrected chi connectivity index (χ4v) is 5.23. The number of carbonyl (C=O) groups excluding carboxylic acids is 1. The van der Waals surface area contributed by atoms with Gasteiger partial charge in [-0.1, -0.05) is 50.2 Å². The number of hydrogen-bond acceptors (Lipinski definition) is 6. The molecule has 2 aliphatic rings. The number of aliphatic hydroxyl groups is 1. The Morgan fingerprint density at radius 1 is 1.22 bits per heavy atom. The molecular formula is C29H39NO6. The maximum absolute atomic E-state index is 13.0. The Kier molecular flexibility index (Phi) is 8.54. The third-order valence-electron chi connectivity index (χ3n) is 7.87. The molecule has 0 radical (unpaired) electrons. The molecule has 2 saturated heterocycles. The predicted octanol–water partition coefficient (Wildman–Crippen LogP) is 4.03. The summed E-state index contributed by atoms with van der Waals surface area (Å²) in [5.41, 5.74) is 1.55. The van der Waals surface area contributed by atoms with Crippen molar-refractivity contribution >= 4 is 5.91 Å². The fraction of sp³-hybridized carbons (Fsp3) is 0.552. The van der Waals surface area contributed by atoms with E-state index in [0.29, 0.717) is 50.3 Å². The van der Waals surface area contributed by atoms with Gasteiger partial charge >= 0.3 is 0 Å². The summed E-state index contributed by atoms with van der Waals surface area (Å²) in [5.74, 6) is 1.61. The topological polar surface area (TPSA) is 77.5 Å². The Bertz CT molecular complexity index is 1010. The summed E-state index contributed by atoms with van der Waals surface area (Å²) in [6, 6.07) is 15.7. The molecule has 2 unspecified atom stereocenters. The van der Waals surface area contributed by atoms with E-state index >= 15 is 0 Å². The minimum absolute atomic E-state index is 0.0104. The monoisotopic (exact) mass is 497 g/mol. The molecule has 2 heterocycles. The minimum Gasteiger partial charge on any atom is -0.493 e. The Hall–Kier alpha value is -2.61. The van der Waals surface area contributed by atoms with Crippen LogP contribution in [0.4, 0.5) is 0 Å². The number of nitrogens with zero attached hydrogens (tertiary/aromatic N) is 1. The maximum atomic E-state index is 13.0. The van der Waals surface area contributed by atoms with Gasteiger partial charge in [0.25, 0.3) is 0 Å². The zero-order valence-corrected chi connectivity index (χ0v) is 21.8. The zero-order chi connectivity index (χ0) is 25.7. The molecule has 7 heteroatoms. The Labute approximate surface area is 214 Å². The normalized spacial score (nSPS) is 26.4. The van der Waals surface area contributed by atoms with Crippen molar-refractivity contribution in [1.29, 1.82) is 0 Å². The van der Waals surface area contributed by atoms with Crippen molar-refractivity contribution in [3.05, 3.63) is 59.7 Å². The van der Waals surface area contributed by atoms with Gasteiger partial charge in [-0.25, -0.2) is 0 Å². The average Bonchev–Trinajstić information content (AvgIpc) is 3.23. The zero-order valence-electron chi connectivity index (χ0n) is 21.8. The van der Waals surface area contributed by atoms with Crippen molar-refractivity contribution < 1.29 is 28.8 Å². The molecular weight excluding hydrogens is 458 g/mol. The van der Waals surface area contributed by atoms with E-state index in [1.807, 2.05) is 60.4 Å². The summed E-state index contributed by atoms with van der Waals surface area (Å²) in [6.45, 7) is 8.62. The number of amides is 1. The van der Waals surface area contributed by atoms with E-state index in [1.54, 1.807) is 14.0 Å². The van der Waals surface area contributed by atoms with Crippen LogP contribution in [0.25, 0.3) is 0 Å². The molecule has 2 aliphatic heterocycles. The molecule has 5 atom stereocenters. The highest BCUT2D eigenvalue weighted by molar-refractivity contribution is 5.78. The first kappa shape index (κ1) is 26.5. The van der Waals surface area contributed by atoms with Gasteiger partial charge in [0, 0.05) is 30.3 Å². The van der Waals surface area contributed by atoms with Gasteiger partial charge in [0.15, 0.2) is 11.5 Å². The first-order valence-electron chi connectivity index (χ1n) is 12.9. The summed E-state index contributed by atoms with van der Waals surface area (Å²) in [6.07, 6.45) is 0.615. The molecule has 0 bridgehead atoms. The molecule has 2 fully saturated rings. The molecule has 196 valence electrons. The van der Waals surface area contributed by atoms with Crippen LogP contribution >= 0.6 is 0 Å². The van der Waals surface area contributed by atoms with Gasteiger partial charge in [0.05, 0.1) is 39.1 Å². The third kappa shape index (κ3) is 5.69.